The predicted molar refractivity (Wildman–Crippen MR) is 59.2 cm³/mol. The number of benzene rings is 1. The van der Waals surface area contributed by atoms with Crippen molar-refractivity contribution in [2.24, 2.45) is 0 Å². The zero-order valence-corrected chi connectivity index (χ0v) is 9.93. The summed E-state index contributed by atoms with van der Waals surface area (Å²) in [5, 5.41) is 9.29. The van der Waals surface area contributed by atoms with Crippen LogP contribution in [0.3, 0.4) is 0 Å². The molecule has 1 saturated carbocycles. The highest BCUT2D eigenvalue weighted by Gasteiger charge is 2.44. The number of carboxylic acid groups (broad SMARTS) is 1. The van der Waals surface area contributed by atoms with Gasteiger partial charge in [0, 0.05) is 0 Å². The summed E-state index contributed by atoms with van der Waals surface area (Å²) in [4.78, 5) is 11.4. The quantitative estimate of drug-likeness (QED) is 0.835. The molecule has 19 heavy (non-hydrogen) atoms. The molecule has 0 atom stereocenters. The van der Waals surface area contributed by atoms with Gasteiger partial charge in [0.25, 0.3) is 0 Å². The summed E-state index contributed by atoms with van der Waals surface area (Å²) < 4.78 is 50.9. The molecule has 0 radical (unpaired) electrons. The normalized spacial score (nSPS) is 18.5. The highest BCUT2D eigenvalue weighted by Crippen LogP contribution is 2.42. The van der Waals surface area contributed by atoms with Gasteiger partial charge in [-0.2, -0.15) is 13.2 Å². The highest BCUT2D eigenvalue weighted by atomic mass is 19.4. The first-order valence-electron chi connectivity index (χ1n) is 5.88. The van der Waals surface area contributed by atoms with Crippen LogP contribution in [0.5, 0.6) is 0 Å². The maximum atomic E-state index is 13.5. The van der Waals surface area contributed by atoms with Crippen molar-refractivity contribution < 1.29 is 27.5 Å². The van der Waals surface area contributed by atoms with Crippen LogP contribution in [0.15, 0.2) is 18.2 Å². The maximum Gasteiger partial charge on any atom is 0.419 e. The zero-order valence-electron chi connectivity index (χ0n) is 9.93. The molecule has 0 aromatic heterocycles. The van der Waals surface area contributed by atoms with Crippen molar-refractivity contribution in [1.29, 1.82) is 0 Å². The van der Waals surface area contributed by atoms with Crippen LogP contribution < -0.4 is 0 Å². The molecule has 0 saturated heterocycles. The summed E-state index contributed by atoms with van der Waals surface area (Å²) in [5.74, 6) is -2.53. The molecule has 0 aliphatic heterocycles. The number of aliphatic carboxylic acids is 1. The van der Waals surface area contributed by atoms with E-state index in [-0.39, 0.29) is 5.56 Å². The Morgan fingerprint density at radius 1 is 1.21 bits per heavy atom. The Kier molecular flexibility index (Phi) is 3.28. The van der Waals surface area contributed by atoms with Gasteiger partial charge in [0.15, 0.2) is 0 Å². The first kappa shape index (κ1) is 13.8. The molecule has 1 aromatic rings. The Morgan fingerprint density at radius 2 is 1.79 bits per heavy atom. The Balaban J connectivity index is 2.47. The first-order chi connectivity index (χ1) is 8.77. The number of rotatable bonds is 2. The number of alkyl halides is 3. The van der Waals surface area contributed by atoms with Crippen molar-refractivity contribution in [2.45, 2.75) is 37.3 Å². The Hall–Kier alpha value is -1.59. The van der Waals surface area contributed by atoms with Gasteiger partial charge in [0.05, 0.1) is 11.0 Å². The second kappa shape index (κ2) is 4.51. The third kappa shape index (κ3) is 2.31. The average Bonchev–Trinajstić information content (AvgIpc) is 2.77. The molecule has 1 fully saturated rings. The van der Waals surface area contributed by atoms with E-state index in [0.717, 1.165) is 6.07 Å². The molecule has 1 N–H and O–H groups in total. The maximum absolute atomic E-state index is 13.5. The van der Waals surface area contributed by atoms with Gasteiger partial charge in [0.1, 0.15) is 5.82 Å². The summed E-state index contributed by atoms with van der Waals surface area (Å²) in [7, 11) is 0. The van der Waals surface area contributed by atoms with Crippen LogP contribution in [-0.2, 0) is 16.4 Å². The summed E-state index contributed by atoms with van der Waals surface area (Å²) in [6.07, 6.45) is -2.77. The third-order valence-corrected chi connectivity index (χ3v) is 3.69. The summed E-state index contributed by atoms with van der Waals surface area (Å²) in [6, 6.07) is 2.40. The molecule has 1 aliphatic rings. The molecule has 0 amide bonds. The average molecular weight is 276 g/mol. The van der Waals surface area contributed by atoms with Gasteiger partial charge < -0.3 is 5.11 Å². The molecule has 1 aliphatic carbocycles. The van der Waals surface area contributed by atoms with Crippen molar-refractivity contribution in [3.8, 4) is 0 Å². The fourth-order valence-electron chi connectivity index (χ4n) is 2.65. The lowest BCUT2D eigenvalue weighted by Gasteiger charge is -2.25. The minimum atomic E-state index is -4.77. The fourth-order valence-corrected chi connectivity index (χ4v) is 2.65. The number of carboxylic acids is 1. The van der Waals surface area contributed by atoms with Crippen LogP contribution in [0.1, 0.15) is 36.8 Å². The monoisotopic (exact) mass is 276 g/mol. The van der Waals surface area contributed by atoms with Crippen LogP contribution in [0.4, 0.5) is 17.6 Å². The molecule has 2 nitrogen and oxygen atoms in total. The second-order valence-corrected chi connectivity index (χ2v) is 4.79. The van der Waals surface area contributed by atoms with E-state index in [9.17, 15) is 27.5 Å². The van der Waals surface area contributed by atoms with E-state index >= 15 is 0 Å². The Labute approximate surface area is 107 Å². The standard InChI is InChI=1S/C13H12F4O2/c14-10-7-8(3-4-9(10)13(15,16)17)12(11(18)19)5-1-2-6-12/h3-4,7H,1-2,5-6H2,(H,18,19). The lowest BCUT2D eigenvalue weighted by atomic mass is 9.78. The van der Waals surface area contributed by atoms with Crippen LogP contribution in [0, 0.1) is 5.82 Å². The van der Waals surface area contributed by atoms with Crippen LogP contribution in [-0.4, -0.2) is 11.1 Å². The number of carbonyl (C=O) groups is 1. The molecule has 1 aromatic carbocycles. The Morgan fingerprint density at radius 3 is 2.21 bits per heavy atom. The van der Waals surface area contributed by atoms with Crippen molar-refractivity contribution in [3.05, 3.63) is 35.1 Å². The van der Waals surface area contributed by atoms with E-state index < -0.39 is 28.9 Å². The number of hydrogen-bond donors (Lipinski definition) is 1. The fraction of sp³-hybridized carbons (Fsp3) is 0.462. The van der Waals surface area contributed by atoms with Crippen LogP contribution >= 0.6 is 0 Å². The van der Waals surface area contributed by atoms with Crippen molar-refractivity contribution in [2.75, 3.05) is 0 Å². The van der Waals surface area contributed by atoms with Gasteiger partial charge in [-0.15, -0.1) is 0 Å². The number of halogens is 4. The van der Waals surface area contributed by atoms with Gasteiger partial charge in [-0.1, -0.05) is 18.9 Å². The van der Waals surface area contributed by atoms with Crippen LogP contribution in [0.2, 0.25) is 0 Å². The summed E-state index contributed by atoms with van der Waals surface area (Å²) >= 11 is 0. The molecule has 0 bridgehead atoms. The first-order valence-corrected chi connectivity index (χ1v) is 5.88. The minimum absolute atomic E-state index is 0.114. The smallest absolute Gasteiger partial charge is 0.419 e. The molecule has 2 rings (SSSR count). The van der Waals surface area contributed by atoms with E-state index in [0.29, 0.717) is 37.8 Å². The minimum Gasteiger partial charge on any atom is -0.481 e. The van der Waals surface area contributed by atoms with E-state index in [4.69, 9.17) is 0 Å². The lowest BCUT2D eigenvalue weighted by molar-refractivity contribution is -0.143. The van der Waals surface area contributed by atoms with Crippen molar-refractivity contribution >= 4 is 5.97 Å². The molecule has 6 heteroatoms. The molecule has 0 spiro atoms. The van der Waals surface area contributed by atoms with Crippen LogP contribution in [0.25, 0.3) is 0 Å². The molecule has 0 unspecified atom stereocenters. The predicted octanol–water partition coefficient (Wildman–Crippen LogP) is 3.74. The van der Waals surface area contributed by atoms with Gasteiger partial charge in [-0.05, 0) is 30.5 Å². The summed E-state index contributed by atoms with van der Waals surface area (Å²) in [5.41, 5.74) is -2.50. The molecule has 104 valence electrons. The van der Waals surface area contributed by atoms with Gasteiger partial charge >= 0.3 is 12.1 Å². The SMILES string of the molecule is O=C(O)C1(c2ccc(C(F)(F)F)c(F)c2)CCCC1. The Bertz CT molecular complexity index is 502. The van der Waals surface area contributed by atoms with E-state index in [2.05, 4.69) is 0 Å². The molecule has 0 heterocycles. The van der Waals surface area contributed by atoms with E-state index in [1.54, 1.807) is 0 Å². The molecular formula is C13H12F4O2. The van der Waals surface area contributed by atoms with Gasteiger partial charge in [-0.25, -0.2) is 4.39 Å². The van der Waals surface area contributed by atoms with Gasteiger partial charge in [0.2, 0.25) is 0 Å². The van der Waals surface area contributed by atoms with Gasteiger partial charge in [-0.3, -0.25) is 4.79 Å². The van der Waals surface area contributed by atoms with E-state index in [1.807, 2.05) is 0 Å². The lowest BCUT2D eigenvalue weighted by Crippen LogP contribution is -2.32. The topological polar surface area (TPSA) is 37.3 Å². The number of hydrogen-bond acceptors (Lipinski definition) is 1. The molecular weight excluding hydrogens is 264 g/mol. The largest absolute Gasteiger partial charge is 0.481 e. The zero-order chi connectivity index (χ0) is 14.3. The highest BCUT2D eigenvalue weighted by molar-refractivity contribution is 5.81. The van der Waals surface area contributed by atoms with E-state index in [1.165, 1.54) is 0 Å². The third-order valence-electron chi connectivity index (χ3n) is 3.69. The van der Waals surface area contributed by atoms with Crippen molar-refractivity contribution in [1.82, 2.24) is 0 Å². The van der Waals surface area contributed by atoms with Crippen molar-refractivity contribution in [3.63, 3.8) is 0 Å². The second-order valence-electron chi connectivity index (χ2n) is 4.79. The summed E-state index contributed by atoms with van der Waals surface area (Å²) in [6.45, 7) is 0.